The number of ether oxygens (including phenoxy) is 2. The smallest absolute Gasteiger partial charge is 0.254 e. The normalized spacial score (nSPS) is 14.6. The highest BCUT2D eigenvalue weighted by molar-refractivity contribution is 5.95. The van der Waals surface area contributed by atoms with Crippen LogP contribution in [0.5, 0.6) is 11.5 Å². The van der Waals surface area contributed by atoms with Crippen molar-refractivity contribution in [2.45, 2.75) is 26.3 Å². The highest BCUT2D eigenvalue weighted by Crippen LogP contribution is 2.25. The third kappa shape index (κ3) is 4.59. The van der Waals surface area contributed by atoms with E-state index in [0.717, 1.165) is 0 Å². The summed E-state index contributed by atoms with van der Waals surface area (Å²) in [5.74, 6) is 1.73. The quantitative estimate of drug-likeness (QED) is 0.800. The number of amides is 2. The molecule has 28 heavy (non-hydrogen) atoms. The third-order valence-electron chi connectivity index (χ3n) is 4.73. The lowest BCUT2D eigenvalue weighted by molar-refractivity contribution is -0.126. The molecule has 0 atom stereocenters. The van der Waals surface area contributed by atoms with E-state index in [1.54, 1.807) is 44.2 Å². The zero-order valence-corrected chi connectivity index (χ0v) is 16.2. The maximum Gasteiger partial charge on any atom is 0.254 e. The Kier molecular flexibility index (Phi) is 6.13. The molecule has 2 heterocycles. The molecule has 1 N–H and O–H groups in total. The number of nitrogens with zero attached hydrogens (tertiary/aromatic N) is 3. The van der Waals surface area contributed by atoms with E-state index in [-0.39, 0.29) is 24.3 Å². The number of hydrogen-bond acceptors (Lipinski definition) is 7. The number of aryl methyl sites for hydroxylation is 1. The lowest BCUT2D eigenvalue weighted by atomic mass is 9.95. The molecular weight excluding hydrogens is 364 g/mol. The number of carbonyl (C=O) groups is 2. The molecule has 1 aromatic heterocycles. The molecule has 1 aromatic carbocycles. The summed E-state index contributed by atoms with van der Waals surface area (Å²) in [6, 6.07) is 5.10. The molecule has 0 bridgehead atoms. The number of rotatable bonds is 6. The molecule has 0 unspecified atom stereocenters. The van der Waals surface area contributed by atoms with Crippen LogP contribution >= 0.6 is 0 Å². The monoisotopic (exact) mass is 388 g/mol. The van der Waals surface area contributed by atoms with Crippen molar-refractivity contribution in [2.24, 2.45) is 5.92 Å². The molecule has 9 nitrogen and oxygen atoms in total. The zero-order chi connectivity index (χ0) is 20.1. The van der Waals surface area contributed by atoms with Crippen LogP contribution in [0.2, 0.25) is 0 Å². The van der Waals surface area contributed by atoms with E-state index in [2.05, 4.69) is 15.5 Å². The predicted molar refractivity (Wildman–Crippen MR) is 99.1 cm³/mol. The fourth-order valence-corrected chi connectivity index (χ4v) is 3.18. The van der Waals surface area contributed by atoms with Gasteiger partial charge in [-0.15, -0.1) is 0 Å². The number of likely N-dealkylation sites (tertiary alicyclic amines) is 1. The van der Waals surface area contributed by atoms with Crippen molar-refractivity contribution in [3.8, 4) is 11.5 Å². The van der Waals surface area contributed by atoms with Crippen molar-refractivity contribution < 1.29 is 23.6 Å². The van der Waals surface area contributed by atoms with Gasteiger partial charge in [-0.25, -0.2) is 0 Å². The number of hydrogen-bond donors (Lipinski definition) is 1. The summed E-state index contributed by atoms with van der Waals surface area (Å²) < 4.78 is 15.4. The van der Waals surface area contributed by atoms with E-state index in [0.29, 0.717) is 54.7 Å². The van der Waals surface area contributed by atoms with Gasteiger partial charge in [0.1, 0.15) is 11.5 Å². The fourth-order valence-electron chi connectivity index (χ4n) is 3.18. The first kappa shape index (κ1) is 19.7. The summed E-state index contributed by atoms with van der Waals surface area (Å²) in [6.45, 7) is 2.95. The molecule has 3 rings (SSSR count). The topological polar surface area (TPSA) is 107 Å². The molecule has 1 saturated heterocycles. The van der Waals surface area contributed by atoms with E-state index in [4.69, 9.17) is 14.0 Å². The van der Waals surface area contributed by atoms with Gasteiger partial charge in [0.25, 0.3) is 5.91 Å². The minimum atomic E-state index is -0.145. The van der Waals surface area contributed by atoms with Crippen LogP contribution in [0.4, 0.5) is 0 Å². The Hall–Kier alpha value is -3.10. The highest BCUT2D eigenvalue weighted by atomic mass is 16.5. The first-order valence-electron chi connectivity index (χ1n) is 9.09. The minimum Gasteiger partial charge on any atom is -0.497 e. The van der Waals surface area contributed by atoms with Crippen LogP contribution in [0.25, 0.3) is 0 Å². The lowest BCUT2D eigenvalue weighted by Crippen LogP contribution is -2.43. The second-order valence-electron chi connectivity index (χ2n) is 6.62. The molecular formula is C19H24N4O5. The van der Waals surface area contributed by atoms with Crippen LogP contribution in [-0.4, -0.2) is 54.2 Å². The maximum atomic E-state index is 12.8. The molecule has 0 aliphatic carbocycles. The van der Waals surface area contributed by atoms with Gasteiger partial charge in [0, 0.05) is 30.6 Å². The minimum absolute atomic E-state index is 0.0639. The van der Waals surface area contributed by atoms with E-state index in [1.807, 2.05) is 0 Å². The number of aromatic nitrogens is 2. The second-order valence-corrected chi connectivity index (χ2v) is 6.62. The summed E-state index contributed by atoms with van der Waals surface area (Å²) in [6.07, 6.45) is 1.20. The maximum absolute atomic E-state index is 12.8. The molecule has 2 aromatic rings. The van der Waals surface area contributed by atoms with Gasteiger partial charge in [0.05, 0.1) is 20.8 Å². The standard InChI is InChI=1S/C19H24N4O5/c1-12-21-17(28-22-12)11-20-18(24)13-4-6-23(7-5-13)19(25)14-8-15(26-2)10-16(9-14)27-3/h8-10,13H,4-7,11H2,1-3H3,(H,20,24). The molecule has 1 fully saturated rings. The van der Waals surface area contributed by atoms with Gasteiger partial charge in [0.2, 0.25) is 11.8 Å². The first-order chi connectivity index (χ1) is 13.5. The molecule has 0 radical (unpaired) electrons. The van der Waals surface area contributed by atoms with Gasteiger partial charge < -0.3 is 24.2 Å². The number of nitrogens with one attached hydrogen (secondary N) is 1. The molecule has 0 saturated carbocycles. The van der Waals surface area contributed by atoms with Crippen molar-refractivity contribution in [3.63, 3.8) is 0 Å². The Morgan fingerprint density at radius 2 is 1.82 bits per heavy atom. The Morgan fingerprint density at radius 3 is 2.36 bits per heavy atom. The van der Waals surface area contributed by atoms with Crippen LogP contribution in [-0.2, 0) is 11.3 Å². The van der Waals surface area contributed by atoms with Gasteiger partial charge in [-0.3, -0.25) is 9.59 Å². The van der Waals surface area contributed by atoms with E-state index in [9.17, 15) is 9.59 Å². The van der Waals surface area contributed by atoms with Crippen LogP contribution in [0.1, 0.15) is 34.9 Å². The number of benzene rings is 1. The number of piperidine rings is 1. The van der Waals surface area contributed by atoms with Gasteiger partial charge in [-0.1, -0.05) is 5.16 Å². The predicted octanol–water partition coefficient (Wildman–Crippen LogP) is 1.56. The van der Waals surface area contributed by atoms with Crippen LogP contribution in [0.3, 0.4) is 0 Å². The average Bonchev–Trinajstić information content (AvgIpc) is 3.16. The third-order valence-corrected chi connectivity index (χ3v) is 4.73. The summed E-state index contributed by atoms with van der Waals surface area (Å²) in [5.41, 5.74) is 0.505. The zero-order valence-electron chi connectivity index (χ0n) is 16.2. The molecule has 2 amide bonds. The van der Waals surface area contributed by atoms with Crippen LogP contribution < -0.4 is 14.8 Å². The second kappa shape index (κ2) is 8.73. The van der Waals surface area contributed by atoms with E-state index in [1.165, 1.54) is 0 Å². The average molecular weight is 388 g/mol. The largest absolute Gasteiger partial charge is 0.497 e. The molecule has 1 aliphatic rings. The summed E-state index contributed by atoms with van der Waals surface area (Å²) in [5, 5.41) is 6.51. The van der Waals surface area contributed by atoms with E-state index < -0.39 is 0 Å². The first-order valence-corrected chi connectivity index (χ1v) is 9.09. The van der Waals surface area contributed by atoms with Gasteiger partial charge in [-0.05, 0) is 31.9 Å². The van der Waals surface area contributed by atoms with Gasteiger partial charge >= 0.3 is 0 Å². The van der Waals surface area contributed by atoms with Crippen molar-refractivity contribution in [1.82, 2.24) is 20.4 Å². The van der Waals surface area contributed by atoms with Crippen molar-refractivity contribution >= 4 is 11.8 Å². The fraction of sp³-hybridized carbons (Fsp3) is 0.474. The van der Waals surface area contributed by atoms with Crippen molar-refractivity contribution in [3.05, 3.63) is 35.5 Å². The lowest BCUT2D eigenvalue weighted by Gasteiger charge is -2.31. The number of methoxy groups -OCH3 is 2. The summed E-state index contributed by atoms with van der Waals surface area (Å²) in [4.78, 5) is 31.0. The Balaban J connectivity index is 1.54. The van der Waals surface area contributed by atoms with Crippen molar-refractivity contribution in [2.75, 3.05) is 27.3 Å². The van der Waals surface area contributed by atoms with E-state index >= 15 is 0 Å². The Labute approximate surface area is 163 Å². The molecule has 9 heteroatoms. The number of carbonyl (C=O) groups excluding carboxylic acids is 2. The molecule has 1 aliphatic heterocycles. The van der Waals surface area contributed by atoms with Gasteiger partial charge in [-0.2, -0.15) is 4.98 Å². The highest BCUT2D eigenvalue weighted by Gasteiger charge is 2.28. The molecule has 0 spiro atoms. The van der Waals surface area contributed by atoms with Crippen LogP contribution in [0.15, 0.2) is 22.7 Å². The van der Waals surface area contributed by atoms with Crippen molar-refractivity contribution in [1.29, 1.82) is 0 Å². The van der Waals surface area contributed by atoms with Crippen LogP contribution in [0, 0.1) is 12.8 Å². The Morgan fingerprint density at radius 1 is 1.18 bits per heavy atom. The Bertz CT molecular complexity index is 820. The molecule has 150 valence electrons. The summed E-state index contributed by atoms with van der Waals surface area (Å²) >= 11 is 0. The van der Waals surface area contributed by atoms with Gasteiger partial charge in [0.15, 0.2) is 5.82 Å². The summed E-state index contributed by atoms with van der Waals surface area (Å²) in [7, 11) is 3.09. The SMILES string of the molecule is COc1cc(OC)cc(C(=O)N2CCC(C(=O)NCc3nc(C)no3)CC2)c1.